The maximum Gasteiger partial charge on any atom is 0.186 e. The summed E-state index contributed by atoms with van der Waals surface area (Å²) in [4.78, 5) is 14.0. The zero-order valence-corrected chi connectivity index (χ0v) is 15.5. The maximum atomic E-state index is 11.6. The van der Waals surface area contributed by atoms with Gasteiger partial charge in [-0.05, 0) is 47.7 Å². The van der Waals surface area contributed by atoms with Gasteiger partial charge in [-0.3, -0.25) is 4.79 Å². The first-order chi connectivity index (χ1) is 12.2. The molecule has 0 fully saturated rings. The molecule has 0 aliphatic heterocycles. The fourth-order valence-corrected chi connectivity index (χ4v) is 3.91. The van der Waals surface area contributed by atoms with E-state index in [1.165, 1.54) is 20.9 Å². The van der Waals surface area contributed by atoms with E-state index < -0.39 is 0 Å². The average molecular weight is 365 g/mol. The Hall–Kier alpha value is -1.97. The van der Waals surface area contributed by atoms with E-state index in [0.717, 1.165) is 6.42 Å². The van der Waals surface area contributed by atoms with Crippen LogP contribution in [0.4, 0.5) is 0 Å². The number of hydrogen-bond donors (Lipinski definition) is 1. The second-order valence-corrected chi connectivity index (χ2v) is 7.61. The zero-order chi connectivity index (χ0) is 17.5. The number of carbonyl (C=O) groups is 1. The lowest BCUT2D eigenvalue weighted by molar-refractivity contribution is -0.111. The molecular weight excluding hydrogens is 344 g/mol. The molecule has 1 atom stereocenters. The molecule has 0 aliphatic carbocycles. The SMILES string of the molecule is O=C(S)CC(Cc1ccccc1)c1ccc(Sc2ccccc2)cc1. The van der Waals surface area contributed by atoms with Crippen molar-refractivity contribution in [3.8, 4) is 0 Å². The predicted molar refractivity (Wildman–Crippen MR) is 109 cm³/mol. The number of carbonyl (C=O) groups excluding carboxylic acids is 1. The zero-order valence-electron chi connectivity index (χ0n) is 13.8. The maximum absolute atomic E-state index is 11.6. The van der Waals surface area contributed by atoms with Crippen LogP contribution in [0.25, 0.3) is 0 Å². The van der Waals surface area contributed by atoms with Crippen molar-refractivity contribution in [3.63, 3.8) is 0 Å². The van der Waals surface area contributed by atoms with Crippen LogP contribution in [0.15, 0.2) is 94.7 Å². The van der Waals surface area contributed by atoms with Gasteiger partial charge in [-0.15, -0.1) is 12.6 Å². The Kier molecular flexibility index (Phi) is 6.37. The van der Waals surface area contributed by atoms with Crippen molar-refractivity contribution in [3.05, 3.63) is 96.1 Å². The van der Waals surface area contributed by atoms with Crippen LogP contribution in [-0.2, 0) is 11.2 Å². The van der Waals surface area contributed by atoms with E-state index in [1.54, 1.807) is 11.8 Å². The predicted octanol–water partition coefficient (Wildman–Crippen LogP) is 6.01. The van der Waals surface area contributed by atoms with Crippen LogP contribution in [0.5, 0.6) is 0 Å². The number of rotatable bonds is 7. The lowest BCUT2D eigenvalue weighted by atomic mass is 9.90. The Morgan fingerprint density at radius 1 is 0.800 bits per heavy atom. The monoisotopic (exact) mass is 364 g/mol. The van der Waals surface area contributed by atoms with Gasteiger partial charge in [0.15, 0.2) is 5.12 Å². The Bertz CT molecular complexity index is 798. The van der Waals surface area contributed by atoms with Crippen molar-refractivity contribution >= 4 is 29.5 Å². The molecule has 0 heterocycles. The lowest BCUT2D eigenvalue weighted by Crippen LogP contribution is -2.06. The van der Waals surface area contributed by atoms with Crippen molar-refractivity contribution in [1.82, 2.24) is 0 Å². The Morgan fingerprint density at radius 2 is 1.36 bits per heavy atom. The molecule has 0 aromatic heterocycles. The van der Waals surface area contributed by atoms with Gasteiger partial charge in [0.2, 0.25) is 0 Å². The van der Waals surface area contributed by atoms with Crippen molar-refractivity contribution in [2.75, 3.05) is 0 Å². The van der Waals surface area contributed by atoms with Crippen LogP contribution in [0, 0.1) is 0 Å². The largest absolute Gasteiger partial charge is 0.287 e. The summed E-state index contributed by atoms with van der Waals surface area (Å²) in [5, 5.41) is -0.0660. The molecule has 0 saturated carbocycles. The molecule has 0 aliphatic rings. The van der Waals surface area contributed by atoms with E-state index in [-0.39, 0.29) is 11.0 Å². The highest BCUT2D eigenvalue weighted by atomic mass is 32.2. The standard InChI is InChI=1S/C22H20OS2/c23-22(24)16-19(15-17-7-3-1-4-8-17)18-11-13-21(14-12-18)25-20-9-5-2-6-10-20/h1-14,19H,15-16H2,(H,23,24). The van der Waals surface area contributed by atoms with E-state index in [9.17, 15) is 4.79 Å². The molecular formula is C22H20OS2. The number of thiol groups is 1. The van der Waals surface area contributed by atoms with Gasteiger partial charge in [-0.1, -0.05) is 72.4 Å². The molecule has 3 aromatic carbocycles. The number of hydrogen-bond acceptors (Lipinski definition) is 2. The molecule has 0 bridgehead atoms. The highest BCUT2D eigenvalue weighted by Gasteiger charge is 2.15. The summed E-state index contributed by atoms with van der Waals surface area (Å²) < 4.78 is 0. The molecule has 3 rings (SSSR count). The van der Waals surface area contributed by atoms with Gasteiger partial charge in [-0.25, -0.2) is 0 Å². The Labute approximate surface area is 158 Å². The fourth-order valence-electron chi connectivity index (χ4n) is 2.85. The third-order valence-corrected chi connectivity index (χ3v) is 5.27. The topological polar surface area (TPSA) is 17.1 Å². The lowest BCUT2D eigenvalue weighted by Gasteiger charge is -2.16. The normalized spacial score (nSPS) is 11.9. The van der Waals surface area contributed by atoms with Gasteiger partial charge in [0.25, 0.3) is 0 Å². The smallest absolute Gasteiger partial charge is 0.186 e. The van der Waals surface area contributed by atoms with E-state index >= 15 is 0 Å². The number of benzene rings is 3. The van der Waals surface area contributed by atoms with Gasteiger partial charge in [0.1, 0.15) is 0 Å². The van der Waals surface area contributed by atoms with Gasteiger partial charge < -0.3 is 0 Å². The van der Waals surface area contributed by atoms with Crippen LogP contribution in [-0.4, -0.2) is 5.12 Å². The molecule has 0 amide bonds. The summed E-state index contributed by atoms with van der Waals surface area (Å²) >= 11 is 5.74. The molecule has 1 nitrogen and oxygen atoms in total. The summed E-state index contributed by atoms with van der Waals surface area (Å²) in [6, 6.07) is 29.2. The van der Waals surface area contributed by atoms with Crippen LogP contribution in [0.1, 0.15) is 23.5 Å². The van der Waals surface area contributed by atoms with Crippen molar-refractivity contribution in [2.24, 2.45) is 0 Å². The molecule has 126 valence electrons. The first-order valence-electron chi connectivity index (χ1n) is 8.29. The van der Waals surface area contributed by atoms with Crippen LogP contribution >= 0.6 is 24.4 Å². The van der Waals surface area contributed by atoms with Gasteiger partial charge in [0, 0.05) is 16.2 Å². The molecule has 0 spiro atoms. The Balaban J connectivity index is 1.75. The third kappa shape index (κ3) is 5.52. The summed E-state index contributed by atoms with van der Waals surface area (Å²) in [6.45, 7) is 0. The molecule has 0 saturated heterocycles. The fraction of sp³-hybridized carbons (Fsp3) is 0.136. The van der Waals surface area contributed by atoms with Crippen molar-refractivity contribution in [1.29, 1.82) is 0 Å². The Morgan fingerprint density at radius 3 is 1.96 bits per heavy atom. The second kappa shape index (κ2) is 8.93. The minimum Gasteiger partial charge on any atom is -0.287 e. The molecule has 3 heteroatoms. The van der Waals surface area contributed by atoms with Gasteiger partial charge in [0.05, 0.1) is 0 Å². The molecule has 0 radical (unpaired) electrons. The summed E-state index contributed by atoms with van der Waals surface area (Å²) in [6.07, 6.45) is 1.29. The van der Waals surface area contributed by atoms with E-state index in [4.69, 9.17) is 0 Å². The first-order valence-corrected chi connectivity index (χ1v) is 9.55. The highest BCUT2D eigenvalue weighted by Crippen LogP contribution is 2.31. The molecule has 0 N–H and O–H groups in total. The van der Waals surface area contributed by atoms with Crippen LogP contribution in [0.2, 0.25) is 0 Å². The van der Waals surface area contributed by atoms with Gasteiger partial charge >= 0.3 is 0 Å². The van der Waals surface area contributed by atoms with E-state index in [2.05, 4.69) is 61.2 Å². The first kappa shape index (κ1) is 17.8. The average Bonchev–Trinajstić information content (AvgIpc) is 2.63. The minimum atomic E-state index is -0.0660. The van der Waals surface area contributed by atoms with Gasteiger partial charge in [-0.2, -0.15) is 0 Å². The minimum absolute atomic E-state index is 0.0660. The van der Waals surface area contributed by atoms with Crippen LogP contribution in [0.3, 0.4) is 0 Å². The highest BCUT2D eigenvalue weighted by molar-refractivity contribution is 7.99. The molecule has 3 aromatic rings. The summed E-state index contributed by atoms with van der Waals surface area (Å²) in [7, 11) is 0. The molecule has 1 unspecified atom stereocenters. The van der Waals surface area contributed by atoms with E-state index in [1.807, 2.05) is 36.4 Å². The van der Waals surface area contributed by atoms with Crippen molar-refractivity contribution in [2.45, 2.75) is 28.6 Å². The third-order valence-electron chi connectivity index (χ3n) is 4.08. The molecule has 25 heavy (non-hydrogen) atoms. The van der Waals surface area contributed by atoms with Crippen molar-refractivity contribution < 1.29 is 4.79 Å². The summed E-state index contributed by atoms with van der Waals surface area (Å²) in [5.74, 6) is 0.156. The second-order valence-electron chi connectivity index (χ2n) is 5.97. The summed E-state index contributed by atoms with van der Waals surface area (Å²) in [5.41, 5.74) is 2.42. The van der Waals surface area contributed by atoms with E-state index in [0.29, 0.717) is 6.42 Å². The van der Waals surface area contributed by atoms with Crippen LogP contribution < -0.4 is 0 Å². The quantitative estimate of drug-likeness (QED) is 0.517.